The van der Waals surface area contributed by atoms with E-state index in [0.717, 1.165) is 17.8 Å². The maximum absolute atomic E-state index is 8.77. The molecule has 0 aromatic rings. The molecule has 1 atom stereocenters. The van der Waals surface area contributed by atoms with Gasteiger partial charge in [-0.15, -0.1) is 0 Å². The first kappa shape index (κ1) is 8.08. The molecule has 11 heavy (non-hydrogen) atoms. The number of aliphatic hydroxyl groups is 1. The summed E-state index contributed by atoms with van der Waals surface area (Å²) in [6.07, 6.45) is 4.02. The normalized spacial score (nSPS) is 23.2. The second-order valence-electron chi connectivity index (χ2n) is 2.42. The molecule has 0 saturated carbocycles. The lowest BCUT2D eigenvalue weighted by molar-refractivity contribution is 0.0852. The predicted octanol–water partition coefficient (Wildman–Crippen LogP) is 1.39. The Balaban J connectivity index is 2.70. The number of hydrogen-bond donors (Lipinski definition) is 1. The van der Waals surface area contributed by atoms with Crippen LogP contribution in [-0.4, -0.2) is 17.8 Å². The summed E-state index contributed by atoms with van der Waals surface area (Å²) in [5.74, 6) is 0.749. The van der Waals surface area contributed by atoms with Crippen LogP contribution in [0.4, 0.5) is 0 Å². The highest BCUT2D eigenvalue weighted by atomic mass is 16.5. The van der Waals surface area contributed by atoms with Crippen LogP contribution in [0.25, 0.3) is 0 Å². The minimum Gasteiger partial charge on any atom is -0.487 e. The van der Waals surface area contributed by atoms with E-state index in [2.05, 4.69) is 13.2 Å². The SMILES string of the molecule is C=CC1=C(C=C)OC(CO)C1. The van der Waals surface area contributed by atoms with Crippen LogP contribution in [0.3, 0.4) is 0 Å². The summed E-state index contributed by atoms with van der Waals surface area (Å²) < 4.78 is 5.30. The fourth-order valence-corrected chi connectivity index (χ4v) is 1.11. The maximum atomic E-state index is 8.77. The van der Waals surface area contributed by atoms with Gasteiger partial charge in [-0.3, -0.25) is 0 Å². The standard InChI is InChI=1S/C9H12O2/c1-3-7-5-8(6-10)11-9(7)4-2/h3-4,8,10H,1-2,5-6H2. The highest BCUT2D eigenvalue weighted by Gasteiger charge is 2.20. The first-order valence-corrected chi connectivity index (χ1v) is 3.57. The predicted molar refractivity (Wildman–Crippen MR) is 44.0 cm³/mol. The van der Waals surface area contributed by atoms with Crippen LogP contribution in [0.2, 0.25) is 0 Å². The molecule has 0 fully saturated rings. The zero-order chi connectivity index (χ0) is 8.27. The van der Waals surface area contributed by atoms with Crippen LogP contribution in [0.5, 0.6) is 0 Å². The lowest BCUT2D eigenvalue weighted by Gasteiger charge is -2.06. The monoisotopic (exact) mass is 152 g/mol. The molecule has 1 N–H and O–H groups in total. The third kappa shape index (κ3) is 1.52. The molecule has 0 radical (unpaired) electrons. The topological polar surface area (TPSA) is 29.5 Å². The van der Waals surface area contributed by atoms with Crippen molar-refractivity contribution in [3.8, 4) is 0 Å². The van der Waals surface area contributed by atoms with Gasteiger partial charge in [0.2, 0.25) is 0 Å². The van der Waals surface area contributed by atoms with Crippen LogP contribution < -0.4 is 0 Å². The van der Waals surface area contributed by atoms with Crippen molar-refractivity contribution in [3.63, 3.8) is 0 Å². The molecular weight excluding hydrogens is 140 g/mol. The fraction of sp³-hybridized carbons (Fsp3) is 0.333. The van der Waals surface area contributed by atoms with Crippen LogP contribution in [0.1, 0.15) is 6.42 Å². The summed E-state index contributed by atoms with van der Waals surface area (Å²) in [5, 5.41) is 8.77. The molecule has 1 heterocycles. The molecule has 0 aliphatic carbocycles. The van der Waals surface area contributed by atoms with Gasteiger partial charge in [-0.05, 0) is 11.6 Å². The molecule has 0 bridgehead atoms. The Labute approximate surface area is 66.5 Å². The van der Waals surface area contributed by atoms with Crippen molar-refractivity contribution in [2.24, 2.45) is 0 Å². The van der Waals surface area contributed by atoms with Gasteiger partial charge in [0, 0.05) is 6.42 Å². The molecule has 1 unspecified atom stereocenters. The van der Waals surface area contributed by atoms with E-state index in [1.165, 1.54) is 0 Å². The first-order valence-electron chi connectivity index (χ1n) is 3.57. The lowest BCUT2D eigenvalue weighted by Crippen LogP contribution is -2.10. The van der Waals surface area contributed by atoms with E-state index in [4.69, 9.17) is 9.84 Å². The van der Waals surface area contributed by atoms with Crippen LogP contribution >= 0.6 is 0 Å². The summed E-state index contributed by atoms with van der Waals surface area (Å²) in [4.78, 5) is 0. The smallest absolute Gasteiger partial charge is 0.126 e. The van der Waals surface area contributed by atoms with E-state index in [1.807, 2.05) is 0 Å². The number of rotatable bonds is 3. The highest BCUT2D eigenvalue weighted by Crippen LogP contribution is 2.25. The van der Waals surface area contributed by atoms with Gasteiger partial charge in [-0.1, -0.05) is 19.2 Å². The Hall–Kier alpha value is -1.02. The number of allylic oxidation sites excluding steroid dienone is 2. The van der Waals surface area contributed by atoms with E-state index >= 15 is 0 Å². The van der Waals surface area contributed by atoms with Crippen molar-refractivity contribution >= 4 is 0 Å². The Morgan fingerprint density at radius 2 is 2.27 bits per heavy atom. The molecule has 0 saturated heterocycles. The van der Waals surface area contributed by atoms with Gasteiger partial charge in [0.1, 0.15) is 11.9 Å². The Morgan fingerprint density at radius 1 is 1.55 bits per heavy atom. The quantitative estimate of drug-likeness (QED) is 0.662. The van der Waals surface area contributed by atoms with Crippen LogP contribution in [-0.2, 0) is 4.74 Å². The van der Waals surface area contributed by atoms with Gasteiger partial charge in [-0.25, -0.2) is 0 Å². The van der Waals surface area contributed by atoms with Gasteiger partial charge in [-0.2, -0.15) is 0 Å². The van der Waals surface area contributed by atoms with Crippen molar-refractivity contribution in [1.82, 2.24) is 0 Å². The molecule has 1 aliphatic heterocycles. The zero-order valence-corrected chi connectivity index (χ0v) is 6.42. The minimum absolute atomic E-state index is 0.0503. The molecule has 2 heteroatoms. The molecule has 0 amide bonds. The number of ether oxygens (including phenoxy) is 1. The second-order valence-corrected chi connectivity index (χ2v) is 2.42. The third-order valence-corrected chi connectivity index (χ3v) is 1.69. The average Bonchev–Trinajstić information content (AvgIpc) is 2.46. The Morgan fingerprint density at radius 3 is 2.64 bits per heavy atom. The van der Waals surface area contributed by atoms with E-state index < -0.39 is 0 Å². The molecule has 0 spiro atoms. The Bertz CT molecular complexity index is 184. The molecule has 60 valence electrons. The van der Waals surface area contributed by atoms with E-state index in [9.17, 15) is 0 Å². The second kappa shape index (κ2) is 3.39. The zero-order valence-electron chi connectivity index (χ0n) is 6.42. The van der Waals surface area contributed by atoms with E-state index in [-0.39, 0.29) is 12.7 Å². The van der Waals surface area contributed by atoms with Crippen molar-refractivity contribution < 1.29 is 9.84 Å². The van der Waals surface area contributed by atoms with Gasteiger partial charge < -0.3 is 9.84 Å². The Kier molecular flexibility index (Phi) is 2.49. The van der Waals surface area contributed by atoms with Crippen molar-refractivity contribution in [2.75, 3.05) is 6.61 Å². The van der Waals surface area contributed by atoms with E-state index in [1.54, 1.807) is 12.2 Å². The van der Waals surface area contributed by atoms with Gasteiger partial charge in [0.15, 0.2) is 0 Å². The van der Waals surface area contributed by atoms with Gasteiger partial charge >= 0.3 is 0 Å². The minimum atomic E-state index is -0.101. The maximum Gasteiger partial charge on any atom is 0.126 e. The molecular formula is C9H12O2. The number of hydrogen-bond acceptors (Lipinski definition) is 2. The first-order chi connectivity index (χ1) is 5.31. The van der Waals surface area contributed by atoms with Gasteiger partial charge in [0.25, 0.3) is 0 Å². The van der Waals surface area contributed by atoms with Crippen LogP contribution in [0.15, 0.2) is 36.6 Å². The summed E-state index contributed by atoms with van der Waals surface area (Å²) in [5.41, 5.74) is 1.03. The summed E-state index contributed by atoms with van der Waals surface area (Å²) in [6, 6.07) is 0. The van der Waals surface area contributed by atoms with Gasteiger partial charge in [0.05, 0.1) is 6.61 Å². The lowest BCUT2D eigenvalue weighted by atomic mass is 10.1. The highest BCUT2D eigenvalue weighted by molar-refractivity contribution is 5.30. The van der Waals surface area contributed by atoms with Crippen molar-refractivity contribution in [1.29, 1.82) is 0 Å². The summed E-state index contributed by atoms with van der Waals surface area (Å²) in [6.45, 7) is 7.29. The van der Waals surface area contributed by atoms with Crippen molar-refractivity contribution in [2.45, 2.75) is 12.5 Å². The third-order valence-electron chi connectivity index (χ3n) is 1.69. The van der Waals surface area contributed by atoms with Crippen molar-refractivity contribution in [3.05, 3.63) is 36.6 Å². The fourth-order valence-electron chi connectivity index (χ4n) is 1.11. The number of aliphatic hydroxyl groups excluding tert-OH is 1. The molecule has 2 nitrogen and oxygen atoms in total. The largest absolute Gasteiger partial charge is 0.487 e. The van der Waals surface area contributed by atoms with E-state index in [0.29, 0.717) is 0 Å². The molecule has 0 aromatic heterocycles. The summed E-state index contributed by atoms with van der Waals surface area (Å²) in [7, 11) is 0. The summed E-state index contributed by atoms with van der Waals surface area (Å²) >= 11 is 0. The average molecular weight is 152 g/mol. The van der Waals surface area contributed by atoms with Crippen LogP contribution in [0, 0.1) is 0 Å². The molecule has 1 rings (SSSR count). The molecule has 0 aromatic carbocycles. The molecule has 1 aliphatic rings.